The molecule has 0 atom stereocenters. The van der Waals surface area contributed by atoms with E-state index in [1.165, 1.54) is 0 Å². The second-order valence-corrected chi connectivity index (χ2v) is 3.65. The van der Waals surface area contributed by atoms with E-state index in [1.54, 1.807) is 12.3 Å². The third-order valence-corrected chi connectivity index (χ3v) is 2.13. The fraction of sp³-hybridized carbons (Fsp3) is 0. The molecule has 4 nitrogen and oxygen atoms in total. The van der Waals surface area contributed by atoms with Gasteiger partial charge in [-0.2, -0.15) is 0 Å². The van der Waals surface area contributed by atoms with Crippen molar-refractivity contribution >= 4 is 43.6 Å². The highest BCUT2D eigenvalue weighted by atomic mass is 79.9. The highest BCUT2D eigenvalue weighted by Crippen LogP contribution is 2.22. The Morgan fingerprint density at radius 1 is 1.58 bits per heavy atom. The van der Waals surface area contributed by atoms with Crippen LogP contribution in [0.5, 0.6) is 0 Å². The fourth-order valence-electron chi connectivity index (χ4n) is 0.643. The summed E-state index contributed by atoms with van der Waals surface area (Å²) in [7, 11) is 0. The molecule has 1 aromatic heterocycles. The number of primary amides is 1. The van der Waals surface area contributed by atoms with Gasteiger partial charge < -0.3 is 11.1 Å². The van der Waals surface area contributed by atoms with Gasteiger partial charge in [-0.25, -0.2) is 9.78 Å². The molecule has 0 spiro atoms. The Morgan fingerprint density at radius 3 is 2.83 bits per heavy atom. The van der Waals surface area contributed by atoms with Crippen LogP contribution < -0.4 is 11.1 Å². The summed E-state index contributed by atoms with van der Waals surface area (Å²) in [6, 6.07) is 1.08. The van der Waals surface area contributed by atoms with Crippen molar-refractivity contribution in [1.29, 1.82) is 0 Å². The Bertz CT molecular complexity index is 316. The molecule has 2 amide bonds. The number of nitrogens with two attached hydrogens (primary N) is 1. The van der Waals surface area contributed by atoms with Crippen LogP contribution in [0, 0.1) is 0 Å². The number of nitrogens with one attached hydrogen (secondary N) is 1. The molecule has 1 aromatic rings. The Hall–Kier alpha value is -0.620. The lowest BCUT2D eigenvalue weighted by molar-refractivity contribution is 0.259. The molecule has 0 unspecified atom stereocenters. The summed E-state index contributed by atoms with van der Waals surface area (Å²) < 4.78 is 1.32. The maximum absolute atomic E-state index is 10.5. The van der Waals surface area contributed by atoms with Crippen molar-refractivity contribution in [3.05, 3.63) is 21.3 Å². The normalized spacial score (nSPS) is 9.50. The van der Waals surface area contributed by atoms with Crippen molar-refractivity contribution < 1.29 is 4.79 Å². The van der Waals surface area contributed by atoms with Gasteiger partial charge in [0.15, 0.2) is 0 Å². The van der Waals surface area contributed by atoms with Gasteiger partial charge >= 0.3 is 6.03 Å². The first-order chi connectivity index (χ1) is 5.59. The summed E-state index contributed by atoms with van der Waals surface area (Å²) >= 11 is 6.37. The van der Waals surface area contributed by atoms with Crippen LogP contribution in [-0.2, 0) is 0 Å². The Kier molecular flexibility index (Phi) is 3.05. The maximum Gasteiger partial charge on any atom is 0.316 e. The molecule has 12 heavy (non-hydrogen) atoms. The highest BCUT2D eigenvalue weighted by molar-refractivity contribution is 9.11. The fourth-order valence-corrected chi connectivity index (χ4v) is 1.29. The molecule has 0 bridgehead atoms. The quantitative estimate of drug-likeness (QED) is 0.779. The Labute approximate surface area is 85.8 Å². The number of pyridine rings is 1. The van der Waals surface area contributed by atoms with E-state index >= 15 is 0 Å². The Morgan fingerprint density at radius 2 is 2.25 bits per heavy atom. The number of aromatic nitrogens is 1. The van der Waals surface area contributed by atoms with E-state index in [1.807, 2.05) is 0 Å². The van der Waals surface area contributed by atoms with Crippen molar-refractivity contribution in [2.24, 2.45) is 5.73 Å². The number of urea groups is 1. The summed E-state index contributed by atoms with van der Waals surface area (Å²) in [5.74, 6) is 0. The van der Waals surface area contributed by atoms with Gasteiger partial charge in [0.2, 0.25) is 0 Å². The number of hydrogen-bond acceptors (Lipinski definition) is 2. The van der Waals surface area contributed by atoms with Crippen molar-refractivity contribution in [3.8, 4) is 0 Å². The number of hydrogen-bond donors (Lipinski definition) is 2. The topological polar surface area (TPSA) is 68.0 Å². The first kappa shape index (κ1) is 9.47. The zero-order chi connectivity index (χ0) is 9.14. The molecule has 0 fully saturated rings. The lowest BCUT2D eigenvalue weighted by Crippen LogP contribution is -2.19. The zero-order valence-electron chi connectivity index (χ0n) is 5.84. The van der Waals surface area contributed by atoms with E-state index in [0.29, 0.717) is 10.3 Å². The largest absolute Gasteiger partial charge is 0.351 e. The van der Waals surface area contributed by atoms with Gasteiger partial charge in [0.1, 0.15) is 4.60 Å². The van der Waals surface area contributed by atoms with E-state index in [4.69, 9.17) is 5.73 Å². The van der Waals surface area contributed by atoms with Crippen LogP contribution in [0.3, 0.4) is 0 Å². The molecular weight excluding hydrogens is 290 g/mol. The van der Waals surface area contributed by atoms with Crippen molar-refractivity contribution in [3.63, 3.8) is 0 Å². The second-order valence-electron chi connectivity index (χ2n) is 1.98. The molecular formula is C6H5Br2N3O. The standard InChI is InChI=1S/C6H5Br2N3O/c7-3-1-4(11-6(9)12)5(8)10-2-3/h1-2H,(H3,9,11,12). The van der Waals surface area contributed by atoms with Crippen LogP contribution in [0.4, 0.5) is 10.5 Å². The average molecular weight is 295 g/mol. The number of carbonyl (C=O) groups excluding carboxylic acids is 1. The maximum atomic E-state index is 10.5. The number of amides is 2. The first-order valence-corrected chi connectivity index (χ1v) is 4.55. The zero-order valence-corrected chi connectivity index (χ0v) is 9.02. The average Bonchev–Trinajstić information content (AvgIpc) is 1.96. The van der Waals surface area contributed by atoms with Gasteiger partial charge in [0.05, 0.1) is 5.69 Å². The molecule has 0 aliphatic carbocycles. The van der Waals surface area contributed by atoms with Crippen LogP contribution in [0.2, 0.25) is 0 Å². The summed E-state index contributed by atoms with van der Waals surface area (Å²) in [5.41, 5.74) is 5.47. The molecule has 0 saturated heterocycles. The molecule has 0 aliphatic heterocycles. The molecule has 3 N–H and O–H groups in total. The van der Waals surface area contributed by atoms with Gasteiger partial charge in [0, 0.05) is 10.7 Å². The second kappa shape index (κ2) is 3.86. The van der Waals surface area contributed by atoms with Gasteiger partial charge in [-0.05, 0) is 37.9 Å². The monoisotopic (exact) mass is 293 g/mol. The minimum Gasteiger partial charge on any atom is -0.351 e. The van der Waals surface area contributed by atoms with E-state index in [0.717, 1.165) is 4.47 Å². The lowest BCUT2D eigenvalue weighted by Gasteiger charge is -2.03. The SMILES string of the molecule is NC(=O)Nc1cc(Br)cnc1Br. The van der Waals surface area contributed by atoms with Crippen LogP contribution in [-0.4, -0.2) is 11.0 Å². The summed E-state index contributed by atoms with van der Waals surface area (Å²) in [5, 5.41) is 2.41. The molecule has 0 aliphatic rings. The van der Waals surface area contributed by atoms with Crippen molar-refractivity contribution in [1.82, 2.24) is 4.98 Å². The molecule has 1 heterocycles. The van der Waals surface area contributed by atoms with Crippen molar-refractivity contribution in [2.75, 3.05) is 5.32 Å². The van der Waals surface area contributed by atoms with E-state index in [-0.39, 0.29) is 0 Å². The third kappa shape index (κ3) is 2.46. The van der Waals surface area contributed by atoms with Crippen LogP contribution in [0.25, 0.3) is 0 Å². The van der Waals surface area contributed by atoms with Gasteiger partial charge in [-0.15, -0.1) is 0 Å². The summed E-state index contributed by atoms with van der Waals surface area (Å²) in [6.45, 7) is 0. The van der Waals surface area contributed by atoms with Gasteiger partial charge in [0.25, 0.3) is 0 Å². The smallest absolute Gasteiger partial charge is 0.316 e. The Balaban J connectivity index is 2.97. The van der Waals surface area contributed by atoms with Gasteiger partial charge in [-0.1, -0.05) is 0 Å². The number of rotatable bonds is 1. The van der Waals surface area contributed by atoms with Crippen molar-refractivity contribution in [2.45, 2.75) is 0 Å². The predicted octanol–water partition coefficient (Wildman–Crippen LogP) is 2.10. The number of nitrogens with zero attached hydrogens (tertiary/aromatic N) is 1. The summed E-state index contributed by atoms with van der Waals surface area (Å²) in [6.07, 6.45) is 1.61. The predicted molar refractivity (Wildman–Crippen MR) is 52.8 cm³/mol. The molecule has 0 radical (unpaired) electrons. The molecule has 0 aromatic carbocycles. The highest BCUT2D eigenvalue weighted by Gasteiger charge is 2.02. The van der Waals surface area contributed by atoms with Crippen LogP contribution in [0.1, 0.15) is 0 Å². The molecule has 6 heteroatoms. The van der Waals surface area contributed by atoms with Gasteiger partial charge in [-0.3, -0.25) is 0 Å². The number of carbonyl (C=O) groups is 1. The molecule has 64 valence electrons. The minimum atomic E-state index is -0.615. The van der Waals surface area contributed by atoms with E-state index in [2.05, 4.69) is 42.2 Å². The van der Waals surface area contributed by atoms with E-state index < -0.39 is 6.03 Å². The minimum absolute atomic E-state index is 0.539. The molecule has 0 saturated carbocycles. The van der Waals surface area contributed by atoms with Crippen LogP contribution >= 0.6 is 31.9 Å². The first-order valence-electron chi connectivity index (χ1n) is 2.97. The number of halogens is 2. The van der Waals surface area contributed by atoms with Crippen LogP contribution in [0.15, 0.2) is 21.3 Å². The third-order valence-electron chi connectivity index (χ3n) is 1.06. The van der Waals surface area contributed by atoms with E-state index in [9.17, 15) is 4.79 Å². The summed E-state index contributed by atoms with van der Waals surface area (Å²) in [4.78, 5) is 14.4. The number of anilines is 1. The lowest BCUT2D eigenvalue weighted by atomic mass is 10.4. The molecule has 1 rings (SSSR count).